The summed E-state index contributed by atoms with van der Waals surface area (Å²) in [5, 5.41) is 0. The minimum atomic E-state index is -0.370. The Bertz CT molecular complexity index is 644. The van der Waals surface area contributed by atoms with Crippen molar-refractivity contribution in [2.75, 3.05) is 7.11 Å². The zero-order valence-corrected chi connectivity index (χ0v) is 13.6. The molecule has 0 saturated carbocycles. The van der Waals surface area contributed by atoms with Gasteiger partial charge < -0.3 is 4.74 Å². The van der Waals surface area contributed by atoms with Crippen molar-refractivity contribution in [3.8, 4) is 5.75 Å². The smallest absolute Gasteiger partial charge is 0.163 e. The van der Waals surface area contributed by atoms with E-state index in [9.17, 15) is 9.59 Å². The number of ether oxygens (including phenoxy) is 1. The summed E-state index contributed by atoms with van der Waals surface area (Å²) in [6.07, 6.45) is 1.49. The Labute approximate surface area is 137 Å². The normalized spacial score (nSPS) is 11.7. The first-order valence-electron chi connectivity index (χ1n) is 7.90. The predicted molar refractivity (Wildman–Crippen MR) is 91.0 cm³/mol. The molecular weight excluding hydrogens is 288 g/mol. The van der Waals surface area contributed by atoms with Gasteiger partial charge in [0.2, 0.25) is 0 Å². The standard InChI is InChI=1S/C20H22O3/c1-3-7-19(21)18(15-8-5-4-6-9-15)14-20(22)16-10-12-17(23-2)13-11-16/h4-6,8-13,18H,3,7,14H2,1-2H3. The highest BCUT2D eigenvalue weighted by molar-refractivity contribution is 6.00. The third-order valence-electron chi connectivity index (χ3n) is 3.89. The van der Waals surface area contributed by atoms with Crippen molar-refractivity contribution in [2.45, 2.75) is 32.1 Å². The number of carbonyl (C=O) groups is 2. The van der Waals surface area contributed by atoms with Gasteiger partial charge in [-0.05, 0) is 36.2 Å². The zero-order chi connectivity index (χ0) is 16.7. The van der Waals surface area contributed by atoms with Gasteiger partial charge in [0.15, 0.2) is 5.78 Å². The summed E-state index contributed by atoms with van der Waals surface area (Å²) in [7, 11) is 1.59. The first kappa shape index (κ1) is 16.9. The third-order valence-corrected chi connectivity index (χ3v) is 3.89. The molecule has 2 aromatic carbocycles. The van der Waals surface area contributed by atoms with Gasteiger partial charge in [-0.1, -0.05) is 37.3 Å². The number of hydrogen-bond donors (Lipinski definition) is 0. The maximum atomic E-state index is 12.5. The number of rotatable bonds is 8. The van der Waals surface area contributed by atoms with Crippen LogP contribution in [0.15, 0.2) is 54.6 Å². The molecular formula is C20H22O3. The molecule has 3 nitrogen and oxygen atoms in total. The van der Waals surface area contributed by atoms with E-state index in [2.05, 4.69) is 0 Å². The lowest BCUT2D eigenvalue weighted by Gasteiger charge is -2.15. The molecule has 120 valence electrons. The number of hydrogen-bond acceptors (Lipinski definition) is 3. The van der Waals surface area contributed by atoms with Crippen LogP contribution in [0.2, 0.25) is 0 Å². The van der Waals surface area contributed by atoms with Crippen LogP contribution in [0, 0.1) is 0 Å². The number of carbonyl (C=O) groups excluding carboxylic acids is 2. The van der Waals surface area contributed by atoms with Crippen molar-refractivity contribution >= 4 is 11.6 Å². The Balaban J connectivity index is 2.19. The number of methoxy groups -OCH3 is 1. The quantitative estimate of drug-likeness (QED) is 0.678. The molecule has 0 fully saturated rings. The molecule has 3 heteroatoms. The van der Waals surface area contributed by atoms with Crippen LogP contribution in [0.3, 0.4) is 0 Å². The van der Waals surface area contributed by atoms with Crippen LogP contribution in [0.5, 0.6) is 5.75 Å². The maximum absolute atomic E-state index is 12.5. The topological polar surface area (TPSA) is 43.4 Å². The molecule has 0 radical (unpaired) electrons. The molecule has 0 amide bonds. The molecule has 0 aliphatic rings. The summed E-state index contributed by atoms with van der Waals surface area (Å²) in [4.78, 5) is 25.0. The molecule has 2 aromatic rings. The molecule has 0 aromatic heterocycles. The predicted octanol–water partition coefficient (Wildman–Crippen LogP) is 4.42. The second kappa shape index (κ2) is 8.28. The Hall–Kier alpha value is -2.42. The SMILES string of the molecule is CCCC(=O)C(CC(=O)c1ccc(OC)cc1)c1ccccc1. The highest BCUT2D eigenvalue weighted by Gasteiger charge is 2.23. The molecule has 0 heterocycles. The summed E-state index contributed by atoms with van der Waals surface area (Å²) in [5.74, 6) is 0.445. The van der Waals surface area contributed by atoms with Crippen molar-refractivity contribution < 1.29 is 14.3 Å². The van der Waals surface area contributed by atoms with Crippen LogP contribution in [0.1, 0.15) is 48.0 Å². The number of benzene rings is 2. The molecule has 2 rings (SSSR count). The lowest BCUT2D eigenvalue weighted by atomic mass is 9.86. The van der Waals surface area contributed by atoms with Gasteiger partial charge in [0.05, 0.1) is 7.11 Å². The van der Waals surface area contributed by atoms with Crippen molar-refractivity contribution in [3.05, 3.63) is 65.7 Å². The molecule has 0 bridgehead atoms. The van der Waals surface area contributed by atoms with E-state index in [1.807, 2.05) is 37.3 Å². The van der Waals surface area contributed by atoms with Crippen molar-refractivity contribution in [3.63, 3.8) is 0 Å². The second-order valence-corrected chi connectivity index (χ2v) is 5.54. The van der Waals surface area contributed by atoms with E-state index in [1.54, 1.807) is 31.4 Å². The zero-order valence-electron chi connectivity index (χ0n) is 13.6. The molecule has 0 saturated heterocycles. The summed E-state index contributed by atoms with van der Waals surface area (Å²) >= 11 is 0. The number of Topliss-reactive ketones (excluding diaryl/α,β-unsaturated/α-hetero) is 2. The molecule has 0 aliphatic carbocycles. The minimum Gasteiger partial charge on any atom is -0.497 e. The average molecular weight is 310 g/mol. The van der Waals surface area contributed by atoms with Crippen LogP contribution < -0.4 is 4.74 Å². The molecule has 0 spiro atoms. The fourth-order valence-electron chi connectivity index (χ4n) is 2.60. The average Bonchev–Trinajstić information content (AvgIpc) is 2.60. The minimum absolute atomic E-state index is 0.0223. The van der Waals surface area contributed by atoms with E-state index in [0.29, 0.717) is 17.7 Å². The van der Waals surface area contributed by atoms with Crippen LogP contribution in [0.25, 0.3) is 0 Å². The molecule has 23 heavy (non-hydrogen) atoms. The monoisotopic (exact) mass is 310 g/mol. The lowest BCUT2D eigenvalue weighted by molar-refractivity contribution is -0.120. The van der Waals surface area contributed by atoms with Gasteiger partial charge in [-0.15, -0.1) is 0 Å². The Morgan fingerprint density at radius 3 is 2.22 bits per heavy atom. The highest BCUT2D eigenvalue weighted by Crippen LogP contribution is 2.25. The third kappa shape index (κ3) is 4.52. The lowest BCUT2D eigenvalue weighted by Crippen LogP contribution is -2.16. The van der Waals surface area contributed by atoms with E-state index in [4.69, 9.17) is 4.74 Å². The Kier molecular flexibility index (Phi) is 6.10. The largest absolute Gasteiger partial charge is 0.497 e. The molecule has 0 N–H and O–H groups in total. The van der Waals surface area contributed by atoms with Gasteiger partial charge in [-0.25, -0.2) is 0 Å². The van der Waals surface area contributed by atoms with Gasteiger partial charge in [-0.3, -0.25) is 9.59 Å². The molecule has 1 atom stereocenters. The Morgan fingerprint density at radius 2 is 1.65 bits per heavy atom. The molecule has 1 unspecified atom stereocenters. The molecule has 0 aliphatic heterocycles. The van der Waals surface area contributed by atoms with Gasteiger partial charge in [0, 0.05) is 24.3 Å². The fraction of sp³-hybridized carbons (Fsp3) is 0.300. The van der Waals surface area contributed by atoms with Crippen molar-refractivity contribution in [1.82, 2.24) is 0 Å². The Morgan fingerprint density at radius 1 is 1.00 bits per heavy atom. The van der Waals surface area contributed by atoms with E-state index in [-0.39, 0.29) is 23.9 Å². The summed E-state index contributed by atoms with van der Waals surface area (Å²) < 4.78 is 5.10. The summed E-state index contributed by atoms with van der Waals surface area (Å²) in [5.41, 5.74) is 1.52. The van der Waals surface area contributed by atoms with Crippen LogP contribution in [0.4, 0.5) is 0 Å². The second-order valence-electron chi connectivity index (χ2n) is 5.54. The van der Waals surface area contributed by atoms with Crippen LogP contribution in [-0.2, 0) is 4.79 Å². The van der Waals surface area contributed by atoms with Gasteiger partial charge in [0.25, 0.3) is 0 Å². The van der Waals surface area contributed by atoms with Gasteiger partial charge in [0.1, 0.15) is 11.5 Å². The fourth-order valence-corrected chi connectivity index (χ4v) is 2.60. The van der Waals surface area contributed by atoms with Crippen LogP contribution >= 0.6 is 0 Å². The summed E-state index contributed by atoms with van der Waals surface area (Å²) in [6.45, 7) is 1.98. The first-order chi connectivity index (χ1) is 11.2. The summed E-state index contributed by atoms with van der Waals surface area (Å²) in [6, 6.07) is 16.6. The highest BCUT2D eigenvalue weighted by atomic mass is 16.5. The van der Waals surface area contributed by atoms with Crippen molar-refractivity contribution in [2.24, 2.45) is 0 Å². The van der Waals surface area contributed by atoms with E-state index in [0.717, 1.165) is 12.0 Å². The van der Waals surface area contributed by atoms with E-state index < -0.39 is 0 Å². The first-order valence-corrected chi connectivity index (χ1v) is 7.90. The van der Waals surface area contributed by atoms with Crippen LogP contribution in [-0.4, -0.2) is 18.7 Å². The number of ketones is 2. The van der Waals surface area contributed by atoms with E-state index in [1.165, 1.54) is 0 Å². The van der Waals surface area contributed by atoms with Gasteiger partial charge >= 0.3 is 0 Å². The maximum Gasteiger partial charge on any atom is 0.163 e. The van der Waals surface area contributed by atoms with E-state index >= 15 is 0 Å². The van der Waals surface area contributed by atoms with Gasteiger partial charge in [-0.2, -0.15) is 0 Å². The van der Waals surface area contributed by atoms with Crippen molar-refractivity contribution in [1.29, 1.82) is 0 Å².